The van der Waals surface area contributed by atoms with E-state index in [0.717, 1.165) is 12.1 Å². The average Bonchev–Trinajstić information content (AvgIpc) is 2.57. The molecule has 0 saturated heterocycles. The van der Waals surface area contributed by atoms with Gasteiger partial charge in [0.2, 0.25) is 0 Å². The molecular formula is C15H16N2O8S2. The quantitative estimate of drug-likeness (QED) is 0.336. The maximum absolute atomic E-state index is 11.0. The molecule has 27 heavy (non-hydrogen) atoms. The number of hydrogen-bond donors (Lipinski definition) is 3. The molecule has 12 heteroatoms. The van der Waals surface area contributed by atoms with Crippen LogP contribution in [-0.2, 0) is 20.2 Å². The number of nitrogens with zero attached hydrogens (tertiary/aromatic N) is 2. The zero-order valence-electron chi connectivity index (χ0n) is 13.8. The second-order valence-electron chi connectivity index (χ2n) is 5.28. The molecule has 0 aromatic heterocycles. The molecule has 0 amide bonds. The highest BCUT2D eigenvalue weighted by molar-refractivity contribution is 7.86. The first-order valence-corrected chi connectivity index (χ1v) is 10.5. The fraction of sp³-hybridized carbons (Fsp3) is 0.200. The number of aromatic hydroxyl groups is 1. The molecule has 0 radical (unpaired) electrons. The molecule has 2 aromatic carbocycles. The van der Waals surface area contributed by atoms with E-state index >= 15 is 0 Å². The number of benzene rings is 2. The van der Waals surface area contributed by atoms with Crippen molar-refractivity contribution >= 4 is 31.6 Å². The summed E-state index contributed by atoms with van der Waals surface area (Å²) in [7, 11) is -8.41. The second-order valence-corrected chi connectivity index (χ2v) is 8.27. The third-order valence-electron chi connectivity index (χ3n) is 3.18. The molecule has 0 atom stereocenters. The van der Waals surface area contributed by atoms with Gasteiger partial charge in [-0.05, 0) is 42.8 Å². The normalized spacial score (nSPS) is 12.4. The van der Waals surface area contributed by atoms with Gasteiger partial charge in [0.05, 0.1) is 22.9 Å². The minimum Gasteiger partial charge on any atom is -0.505 e. The number of phenolic OH excluding ortho intramolecular Hbond substituents is 1. The number of azo groups is 1. The lowest BCUT2D eigenvalue weighted by Gasteiger charge is -2.09. The van der Waals surface area contributed by atoms with Gasteiger partial charge in [-0.15, -0.1) is 5.11 Å². The van der Waals surface area contributed by atoms with Gasteiger partial charge < -0.3 is 9.84 Å². The molecular weight excluding hydrogens is 400 g/mol. The fourth-order valence-electron chi connectivity index (χ4n) is 1.94. The van der Waals surface area contributed by atoms with E-state index in [1.807, 2.05) is 0 Å². The molecule has 146 valence electrons. The first-order chi connectivity index (χ1) is 12.6. The Bertz CT molecular complexity index is 1030. The van der Waals surface area contributed by atoms with Crippen molar-refractivity contribution in [1.29, 1.82) is 0 Å². The van der Waals surface area contributed by atoms with Crippen LogP contribution < -0.4 is 4.74 Å². The van der Waals surface area contributed by atoms with Gasteiger partial charge in [0.15, 0.2) is 11.4 Å². The van der Waals surface area contributed by atoms with Gasteiger partial charge in [0.25, 0.3) is 20.2 Å². The molecule has 2 rings (SSSR count). The van der Waals surface area contributed by atoms with Gasteiger partial charge in [-0.3, -0.25) is 9.11 Å². The average molecular weight is 416 g/mol. The van der Waals surface area contributed by atoms with Gasteiger partial charge in [-0.2, -0.15) is 21.9 Å². The molecule has 0 saturated carbocycles. The number of hydrogen-bond acceptors (Lipinski definition) is 8. The first kappa shape index (κ1) is 20.8. The Morgan fingerprint density at radius 2 is 1.59 bits per heavy atom. The Morgan fingerprint density at radius 3 is 2.19 bits per heavy atom. The van der Waals surface area contributed by atoms with Crippen LogP contribution in [0, 0.1) is 0 Å². The molecule has 10 nitrogen and oxygen atoms in total. The zero-order chi connectivity index (χ0) is 20.1. The minimum absolute atomic E-state index is 0.0109. The third kappa shape index (κ3) is 6.60. The summed E-state index contributed by atoms with van der Waals surface area (Å²) in [4.78, 5) is -0.299. The molecule has 0 unspecified atom stereocenters. The standard InChI is InChI=1S/C15H16N2O8S2/c18-13-3-1-4-14(25-9-2-10-26(19,20)21)15(13)17-16-11-5-7-12(8-6-11)27(22,23)24/h1,3-8,18H,2,9-10H2,(H,19,20,21)(H,22,23,24). The summed E-state index contributed by atoms with van der Waals surface area (Å²) in [5.74, 6) is -0.563. The van der Waals surface area contributed by atoms with Crippen molar-refractivity contribution in [3.63, 3.8) is 0 Å². The molecule has 2 aromatic rings. The van der Waals surface area contributed by atoms with Crippen molar-refractivity contribution in [2.45, 2.75) is 11.3 Å². The van der Waals surface area contributed by atoms with Crippen molar-refractivity contribution < 1.29 is 35.8 Å². The Balaban J connectivity index is 2.14. The lowest BCUT2D eigenvalue weighted by Crippen LogP contribution is -2.08. The Hall–Kier alpha value is -2.54. The van der Waals surface area contributed by atoms with Crippen molar-refractivity contribution in [1.82, 2.24) is 0 Å². The van der Waals surface area contributed by atoms with E-state index < -0.39 is 26.0 Å². The highest BCUT2D eigenvalue weighted by atomic mass is 32.2. The summed E-state index contributed by atoms with van der Waals surface area (Å²) >= 11 is 0. The first-order valence-electron chi connectivity index (χ1n) is 7.45. The second kappa shape index (κ2) is 8.43. The van der Waals surface area contributed by atoms with Crippen LogP contribution in [-0.4, -0.2) is 43.4 Å². The summed E-state index contributed by atoms with van der Waals surface area (Å²) in [5, 5.41) is 17.7. The van der Waals surface area contributed by atoms with E-state index in [4.69, 9.17) is 13.8 Å². The van der Waals surface area contributed by atoms with Crippen LogP contribution in [0.2, 0.25) is 0 Å². The van der Waals surface area contributed by atoms with Crippen LogP contribution in [0.3, 0.4) is 0 Å². The topological polar surface area (TPSA) is 163 Å². The predicted octanol–water partition coefficient (Wildman–Crippen LogP) is 2.71. The largest absolute Gasteiger partial charge is 0.505 e. The highest BCUT2D eigenvalue weighted by Gasteiger charge is 2.11. The van der Waals surface area contributed by atoms with Crippen LogP contribution >= 0.6 is 0 Å². The van der Waals surface area contributed by atoms with Crippen molar-refractivity contribution in [2.75, 3.05) is 12.4 Å². The van der Waals surface area contributed by atoms with E-state index in [1.54, 1.807) is 0 Å². The number of ether oxygens (including phenoxy) is 1. The van der Waals surface area contributed by atoms with Crippen LogP contribution in [0.1, 0.15) is 6.42 Å². The van der Waals surface area contributed by atoms with E-state index in [2.05, 4.69) is 10.2 Å². The maximum atomic E-state index is 11.0. The molecule has 0 heterocycles. The maximum Gasteiger partial charge on any atom is 0.294 e. The summed E-state index contributed by atoms with van der Waals surface area (Å²) in [6.07, 6.45) is 0.0299. The minimum atomic E-state index is -4.32. The van der Waals surface area contributed by atoms with E-state index in [-0.39, 0.29) is 40.8 Å². The van der Waals surface area contributed by atoms with Crippen LogP contribution in [0.15, 0.2) is 57.6 Å². The van der Waals surface area contributed by atoms with Crippen molar-refractivity contribution in [3.8, 4) is 11.5 Å². The van der Waals surface area contributed by atoms with Gasteiger partial charge in [-0.25, -0.2) is 0 Å². The monoisotopic (exact) mass is 416 g/mol. The predicted molar refractivity (Wildman–Crippen MR) is 95.1 cm³/mol. The fourth-order valence-corrected chi connectivity index (χ4v) is 2.91. The lowest BCUT2D eigenvalue weighted by molar-refractivity contribution is 0.315. The van der Waals surface area contributed by atoms with Gasteiger partial charge >= 0.3 is 0 Å². The molecule has 3 N–H and O–H groups in total. The van der Waals surface area contributed by atoms with Crippen LogP contribution in [0.25, 0.3) is 0 Å². The van der Waals surface area contributed by atoms with Gasteiger partial charge in [-0.1, -0.05) is 6.07 Å². The highest BCUT2D eigenvalue weighted by Crippen LogP contribution is 2.37. The third-order valence-corrected chi connectivity index (χ3v) is 4.85. The summed E-state index contributed by atoms with van der Waals surface area (Å²) in [6, 6.07) is 9.22. The number of rotatable bonds is 8. The Kier molecular flexibility index (Phi) is 6.49. The van der Waals surface area contributed by atoms with Crippen LogP contribution in [0.4, 0.5) is 11.4 Å². The molecule has 0 aliphatic rings. The molecule has 0 fully saturated rings. The van der Waals surface area contributed by atoms with E-state index in [0.29, 0.717) is 0 Å². The molecule has 0 aliphatic heterocycles. The Morgan fingerprint density at radius 1 is 0.926 bits per heavy atom. The Labute approximate surface area is 155 Å². The van der Waals surface area contributed by atoms with Crippen LogP contribution in [0.5, 0.6) is 11.5 Å². The lowest BCUT2D eigenvalue weighted by atomic mass is 10.3. The molecule has 0 bridgehead atoms. The smallest absolute Gasteiger partial charge is 0.294 e. The van der Waals surface area contributed by atoms with E-state index in [9.17, 15) is 21.9 Å². The van der Waals surface area contributed by atoms with Gasteiger partial charge in [0, 0.05) is 0 Å². The van der Waals surface area contributed by atoms with Crippen molar-refractivity contribution in [2.24, 2.45) is 10.2 Å². The zero-order valence-corrected chi connectivity index (χ0v) is 15.4. The summed E-state index contributed by atoms with van der Waals surface area (Å²) < 4.78 is 66.3. The molecule has 0 spiro atoms. The molecule has 0 aliphatic carbocycles. The van der Waals surface area contributed by atoms with Gasteiger partial charge in [0.1, 0.15) is 5.75 Å². The number of phenols is 1. The summed E-state index contributed by atoms with van der Waals surface area (Å²) in [6.45, 7) is -0.0468. The SMILES string of the molecule is O=S(=O)(O)CCCOc1cccc(O)c1N=Nc1ccc(S(=O)(=O)O)cc1. The van der Waals surface area contributed by atoms with E-state index in [1.165, 1.54) is 30.3 Å². The van der Waals surface area contributed by atoms with Crippen molar-refractivity contribution in [3.05, 3.63) is 42.5 Å². The summed E-state index contributed by atoms with van der Waals surface area (Å²) in [5.41, 5.74) is 0.242.